The monoisotopic (exact) mass is 389 g/mol. The van der Waals surface area contributed by atoms with Crippen LogP contribution in [0.5, 0.6) is 5.75 Å². The quantitative estimate of drug-likeness (QED) is 0.702. The Bertz CT molecular complexity index is 891. The number of rotatable bonds is 6. The van der Waals surface area contributed by atoms with Crippen molar-refractivity contribution in [2.45, 2.75) is 23.8 Å². The summed E-state index contributed by atoms with van der Waals surface area (Å²) in [6.07, 6.45) is 1.96. The molecule has 0 radical (unpaired) electrons. The molecule has 1 aliphatic heterocycles. The van der Waals surface area contributed by atoms with Crippen LogP contribution < -0.4 is 20.1 Å². The van der Waals surface area contributed by atoms with Gasteiger partial charge in [-0.1, -0.05) is 12.1 Å². The first-order valence-electron chi connectivity index (χ1n) is 8.77. The van der Waals surface area contributed by atoms with E-state index >= 15 is 0 Å². The largest absolute Gasteiger partial charge is 0.495 e. The first-order valence-corrected chi connectivity index (χ1v) is 10.3. The van der Waals surface area contributed by atoms with Crippen LogP contribution in [0, 0.1) is 0 Å². The molecule has 1 fully saturated rings. The van der Waals surface area contributed by atoms with Gasteiger partial charge in [0.1, 0.15) is 5.75 Å². The van der Waals surface area contributed by atoms with Crippen molar-refractivity contribution >= 4 is 21.6 Å². The van der Waals surface area contributed by atoms with E-state index in [1.807, 2.05) is 0 Å². The molecule has 0 bridgehead atoms. The lowest BCUT2D eigenvalue weighted by molar-refractivity contribution is 0.0930. The van der Waals surface area contributed by atoms with E-state index in [-0.39, 0.29) is 16.8 Å². The molecule has 0 unspecified atom stereocenters. The normalized spacial score (nSPS) is 17.1. The number of ether oxygens (including phenoxy) is 1. The average Bonchev–Trinajstić information content (AvgIpc) is 2.69. The third-order valence-corrected chi connectivity index (χ3v) is 5.79. The Kier molecular flexibility index (Phi) is 5.98. The van der Waals surface area contributed by atoms with E-state index in [0.717, 1.165) is 25.9 Å². The predicted octanol–water partition coefficient (Wildman–Crippen LogP) is 1.98. The summed E-state index contributed by atoms with van der Waals surface area (Å²) in [6.45, 7) is 1.72. The van der Waals surface area contributed by atoms with Crippen molar-refractivity contribution in [2.75, 3.05) is 24.9 Å². The highest BCUT2D eigenvalue weighted by Crippen LogP contribution is 2.26. The maximum absolute atomic E-state index is 12.6. The molecule has 7 nitrogen and oxygen atoms in total. The van der Waals surface area contributed by atoms with Gasteiger partial charge in [0.2, 0.25) is 0 Å². The molecule has 2 aromatic carbocycles. The number of amides is 1. The van der Waals surface area contributed by atoms with Crippen LogP contribution in [0.4, 0.5) is 5.69 Å². The van der Waals surface area contributed by atoms with E-state index in [1.165, 1.54) is 31.4 Å². The van der Waals surface area contributed by atoms with Gasteiger partial charge in [0, 0.05) is 18.2 Å². The second kappa shape index (κ2) is 8.41. The van der Waals surface area contributed by atoms with Crippen LogP contribution in [0.25, 0.3) is 0 Å². The summed E-state index contributed by atoms with van der Waals surface area (Å²) in [4.78, 5) is 12.4. The van der Waals surface area contributed by atoms with E-state index in [0.29, 0.717) is 17.0 Å². The molecule has 0 spiro atoms. The highest BCUT2D eigenvalue weighted by atomic mass is 32.2. The minimum Gasteiger partial charge on any atom is -0.495 e. The summed E-state index contributed by atoms with van der Waals surface area (Å²) in [7, 11) is -2.31. The maximum Gasteiger partial charge on any atom is 0.262 e. The fraction of sp³-hybridized carbons (Fsp3) is 0.316. The maximum atomic E-state index is 12.6. The van der Waals surface area contributed by atoms with Crippen molar-refractivity contribution in [3.8, 4) is 5.75 Å². The van der Waals surface area contributed by atoms with Crippen molar-refractivity contribution in [3.05, 3.63) is 54.1 Å². The Balaban J connectivity index is 1.70. The second-order valence-corrected chi connectivity index (χ2v) is 8.03. The topological polar surface area (TPSA) is 96.5 Å². The number of piperidine rings is 1. The molecule has 3 N–H and O–H groups in total. The molecule has 0 saturated carbocycles. The van der Waals surface area contributed by atoms with Crippen LogP contribution in [0.2, 0.25) is 0 Å². The fourth-order valence-electron chi connectivity index (χ4n) is 2.96. The molecular formula is C19H23N3O4S. The SMILES string of the molecule is COc1ccccc1NS(=O)(=O)c1ccc(C(=O)N[C@H]2CCCNC2)cc1. The lowest BCUT2D eigenvalue weighted by atomic mass is 10.1. The van der Waals surface area contributed by atoms with Crippen LogP contribution >= 0.6 is 0 Å². The minimum absolute atomic E-state index is 0.0734. The van der Waals surface area contributed by atoms with Gasteiger partial charge in [0.15, 0.2) is 0 Å². The summed E-state index contributed by atoms with van der Waals surface area (Å²) in [6, 6.07) is 12.7. The number of hydrogen-bond acceptors (Lipinski definition) is 5. The van der Waals surface area contributed by atoms with Crippen LogP contribution in [-0.4, -0.2) is 40.6 Å². The second-order valence-electron chi connectivity index (χ2n) is 6.35. The number of hydrogen-bond donors (Lipinski definition) is 3. The predicted molar refractivity (Wildman–Crippen MR) is 104 cm³/mol. The molecule has 3 rings (SSSR count). The number of nitrogens with one attached hydrogen (secondary N) is 3. The van der Waals surface area contributed by atoms with Gasteiger partial charge in [0.25, 0.3) is 15.9 Å². The number of sulfonamides is 1. The number of anilines is 1. The van der Waals surface area contributed by atoms with E-state index in [9.17, 15) is 13.2 Å². The van der Waals surface area contributed by atoms with Crippen molar-refractivity contribution in [3.63, 3.8) is 0 Å². The zero-order valence-electron chi connectivity index (χ0n) is 15.1. The number of benzene rings is 2. The molecule has 8 heteroatoms. The Morgan fingerprint density at radius 3 is 2.56 bits per heavy atom. The Labute approximate surface area is 159 Å². The van der Waals surface area contributed by atoms with Gasteiger partial charge >= 0.3 is 0 Å². The lowest BCUT2D eigenvalue weighted by Crippen LogP contribution is -2.45. The van der Waals surface area contributed by atoms with Gasteiger partial charge in [-0.15, -0.1) is 0 Å². The molecule has 2 aromatic rings. The van der Waals surface area contributed by atoms with Gasteiger partial charge in [-0.25, -0.2) is 8.42 Å². The molecule has 0 aliphatic carbocycles. The van der Waals surface area contributed by atoms with Gasteiger partial charge in [-0.3, -0.25) is 9.52 Å². The van der Waals surface area contributed by atoms with Crippen LogP contribution in [-0.2, 0) is 10.0 Å². The molecule has 1 saturated heterocycles. The average molecular weight is 389 g/mol. The smallest absolute Gasteiger partial charge is 0.262 e. The highest BCUT2D eigenvalue weighted by Gasteiger charge is 2.19. The van der Waals surface area contributed by atoms with E-state index < -0.39 is 10.0 Å². The summed E-state index contributed by atoms with van der Waals surface area (Å²) in [5.74, 6) is 0.225. The standard InChI is InChI=1S/C19H23N3O4S/c1-26-18-7-3-2-6-17(18)22-27(24,25)16-10-8-14(9-11-16)19(23)21-15-5-4-12-20-13-15/h2-3,6-11,15,20,22H,4-5,12-13H2,1H3,(H,21,23)/t15-/m0/s1. The number of carbonyl (C=O) groups is 1. The van der Waals surface area contributed by atoms with Crippen LogP contribution in [0.15, 0.2) is 53.4 Å². The number of carbonyl (C=O) groups excluding carboxylic acids is 1. The summed E-state index contributed by atoms with van der Waals surface area (Å²) in [5, 5.41) is 6.21. The first-order chi connectivity index (χ1) is 13.0. The van der Waals surface area contributed by atoms with Crippen molar-refractivity contribution in [1.29, 1.82) is 0 Å². The summed E-state index contributed by atoms with van der Waals surface area (Å²) >= 11 is 0. The number of para-hydroxylation sites is 2. The summed E-state index contributed by atoms with van der Waals surface area (Å²) in [5.41, 5.74) is 0.781. The Morgan fingerprint density at radius 2 is 1.89 bits per heavy atom. The Hall–Kier alpha value is -2.58. The van der Waals surface area contributed by atoms with E-state index in [2.05, 4.69) is 15.4 Å². The molecule has 27 heavy (non-hydrogen) atoms. The third-order valence-electron chi connectivity index (χ3n) is 4.41. The minimum atomic E-state index is -3.79. The molecular weight excluding hydrogens is 366 g/mol. The Morgan fingerprint density at radius 1 is 1.15 bits per heavy atom. The van der Waals surface area contributed by atoms with Gasteiger partial charge in [-0.2, -0.15) is 0 Å². The lowest BCUT2D eigenvalue weighted by Gasteiger charge is -2.23. The van der Waals surface area contributed by atoms with Gasteiger partial charge < -0.3 is 15.4 Å². The van der Waals surface area contributed by atoms with Crippen molar-refractivity contribution in [2.24, 2.45) is 0 Å². The number of methoxy groups -OCH3 is 1. The zero-order valence-corrected chi connectivity index (χ0v) is 15.9. The van der Waals surface area contributed by atoms with Crippen LogP contribution in [0.3, 0.4) is 0 Å². The van der Waals surface area contributed by atoms with Gasteiger partial charge in [0.05, 0.1) is 17.7 Å². The zero-order chi connectivity index (χ0) is 19.3. The van der Waals surface area contributed by atoms with Crippen molar-refractivity contribution in [1.82, 2.24) is 10.6 Å². The third kappa shape index (κ3) is 4.78. The molecule has 1 heterocycles. The molecule has 1 atom stereocenters. The van der Waals surface area contributed by atoms with E-state index in [4.69, 9.17) is 4.74 Å². The highest BCUT2D eigenvalue weighted by molar-refractivity contribution is 7.92. The molecule has 0 aromatic heterocycles. The summed E-state index contributed by atoms with van der Waals surface area (Å²) < 4.78 is 32.9. The van der Waals surface area contributed by atoms with Gasteiger partial charge in [-0.05, 0) is 55.8 Å². The van der Waals surface area contributed by atoms with Crippen molar-refractivity contribution < 1.29 is 17.9 Å². The van der Waals surface area contributed by atoms with Crippen LogP contribution in [0.1, 0.15) is 23.2 Å². The van der Waals surface area contributed by atoms with E-state index in [1.54, 1.807) is 24.3 Å². The first kappa shape index (κ1) is 19.2. The molecule has 144 valence electrons. The fourth-order valence-corrected chi connectivity index (χ4v) is 4.03. The molecule has 1 amide bonds. The molecule has 1 aliphatic rings.